The normalized spacial score (nSPS) is 30.8. The predicted molar refractivity (Wildman–Crippen MR) is 140 cm³/mol. The minimum absolute atomic E-state index is 0.0215. The molecule has 2 bridgehead atoms. The third-order valence-electron chi connectivity index (χ3n) is 8.04. The van der Waals surface area contributed by atoms with Crippen molar-refractivity contribution in [3.8, 4) is 0 Å². The molecule has 4 aliphatic rings. The van der Waals surface area contributed by atoms with Gasteiger partial charge in [0.2, 0.25) is 5.91 Å². The fourth-order valence-corrected chi connectivity index (χ4v) is 6.07. The summed E-state index contributed by atoms with van der Waals surface area (Å²) >= 11 is 0. The Bertz CT molecular complexity index is 820. The van der Waals surface area contributed by atoms with Gasteiger partial charge in [0, 0.05) is 0 Å². The highest BCUT2D eigenvalue weighted by atomic mass is 16.7. The molecular formula is C27H49BN2O6. The van der Waals surface area contributed by atoms with Gasteiger partial charge in [0.25, 0.3) is 0 Å². The fourth-order valence-electron chi connectivity index (χ4n) is 6.07. The van der Waals surface area contributed by atoms with Crippen LogP contribution in [0.2, 0.25) is 0 Å². The van der Waals surface area contributed by atoms with Gasteiger partial charge in [0.05, 0.1) is 29.9 Å². The number of nitrogens with one attached hydrogen (secondary N) is 2. The van der Waals surface area contributed by atoms with Crippen molar-refractivity contribution >= 4 is 19.1 Å². The summed E-state index contributed by atoms with van der Waals surface area (Å²) in [7, 11) is -0.535. The molecule has 1 aliphatic heterocycles. The number of hydrogen-bond donors (Lipinski definition) is 2. The average molecular weight is 509 g/mol. The molecule has 3 aliphatic carbocycles. The topological polar surface area (TPSA) is 95.1 Å². The smallest absolute Gasteiger partial charge is 0.444 e. The number of hydrogen-bond acceptors (Lipinski definition) is 6. The van der Waals surface area contributed by atoms with Gasteiger partial charge >= 0.3 is 13.2 Å². The van der Waals surface area contributed by atoms with Gasteiger partial charge in [-0.1, -0.05) is 27.7 Å². The Morgan fingerprint density at radius 2 is 1.67 bits per heavy atom. The van der Waals surface area contributed by atoms with E-state index in [1.807, 2.05) is 20.8 Å². The van der Waals surface area contributed by atoms with E-state index in [0.717, 1.165) is 6.42 Å². The summed E-state index contributed by atoms with van der Waals surface area (Å²) in [5.41, 5.74) is -1.26. The summed E-state index contributed by atoms with van der Waals surface area (Å²) in [5, 5.41) is 5.83. The molecule has 9 heteroatoms. The van der Waals surface area contributed by atoms with Crippen molar-refractivity contribution in [2.45, 2.75) is 130 Å². The van der Waals surface area contributed by atoms with Crippen LogP contribution >= 0.6 is 0 Å². The van der Waals surface area contributed by atoms with Gasteiger partial charge in [0.15, 0.2) is 0 Å². The maximum Gasteiger partial charge on any atom is 0.481 e. The van der Waals surface area contributed by atoms with Crippen LogP contribution in [-0.4, -0.2) is 60.6 Å². The Morgan fingerprint density at radius 3 is 2.19 bits per heavy atom. The van der Waals surface area contributed by atoms with E-state index >= 15 is 0 Å². The van der Waals surface area contributed by atoms with Crippen LogP contribution in [0.1, 0.15) is 95.4 Å². The SMILES string of the molecule is CC(C)C[C@H](NC(=O)[C@H](COC(C)(C)C)NC(=O)OC(C)(C)C)B1O[C@@H]2C[C@@H]3C[C@@H](C3(C)C)[C@]2(C)O1. The number of carbonyl (C=O) groups is 2. The first kappa shape index (κ1) is 29.2. The first-order valence-electron chi connectivity index (χ1n) is 13.6. The molecule has 4 rings (SSSR count). The molecule has 2 amide bonds. The molecule has 1 saturated heterocycles. The van der Waals surface area contributed by atoms with Crippen molar-refractivity contribution in [1.29, 1.82) is 0 Å². The van der Waals surface area contributed by atoms with Gasteiger partial charge in [-0.25, -0.2) is 4.79 Å². The van der Waals surface area contributed by atoms with Crippen molar-refractivity contribution < 1.29 is 28.4 Å². The van der Waals surface area contributed by atoms with Crippen LogP contribution in [0.3, 0.4) is 0 Å². The van der Waals surface area contributed by atoms with E-state index in [-0.39, 0.29) is 35.6 Å². The second kappa shape index (κ2) is 10.1. The first-order chi connectivity index (χ1) is 16.3. The lowest BCUT2D eigenvalue weighted by molar-refractivity contribution is -0.199. The van der Waals surface area contributed by atoms with Crippen molar-refractivity contribution in [1.82, 2.24) is 10.6 Å². The number of amides is 2. The van der Waals surface area contributed by atoms with E-state index in [4.69, 9.17) is 18.8 Å². The van der Waals surface area contributed by atoms with Crippen LogP contribution in [0.15, 0.2) is 0 Å². The lowest BCUT2D eigenvalue weighted by atomic mass is 9.43. The van der Waals surface area contributed by atoms with E-state index in [2.05, 4.69) is 45.3 Å². The van der Waals surface area contributed by atoms with Gasteiger partial charge in [-0.15, -0.1) is 0 Å². The lowest BCUT2D eigenvalue weighted by Crippen LogP contribution is -2.65. The summed E-state index contributed by atoms with van der Waals surface area (Å²) in [6, 6.07) is -0.917. The summed E-state index contributed by atoms with van der Waals surface area (Å²) in [5.74, 6) is 0.713. The lowest BCUT2D eigenvalue weighted by Gasteiger charge is -2.64. The maximum absolute atomic E-state index is 13.5. The van der Waals surface area contributed by atoms with Gasteiger partial charge in [-0.2, -0.15) is 0 Å². The zero-order valence-corrected chi connectivity index (χ0v) is 24.3. The number of ether oxygens (including phenoxy) is 2. The molecule has 1 heterocycles. The maximum atomic E-state index is 13.5. The number of carbonyl (C=O) groups excluding carboxylic acids is 2. The molecule has 0 aromatic carbocycles. The van der Waals surface area contributed by atoms with Crippen LogP contribution < -0.4 is 10.6 Å². The minimum Gasteiger partial charge on any atom is -0.444 e. The quantitative estimate of drug-likeness (QED) is 0.469. The first-order valence-corrected chi connectivity index (χ1v) is 13.6. The summed E-state index contributed by atoms with van der Waals surface area (Å²) < 4.78 is 24.4. The van der Waals surface area contributed by atoms with Crippen LogP contribution in [0.4, 0.5) is 4.79 Å². The molecule has 36 heavy (non-hydrogen) atoms. The Morgan fingerprint density at radius 1 is 1.03 bits per heavy atom. The van der Waals surface area contributed by atoms with E-state index < -0.39 is 30.5 Å². The van der Waals surface area contributed by atoms with Crippen molar-refractivity contribution in [2.75, 3.05) is 6.61 Å². The Kier molecular flexibility index (Phi) is 8.21. The van der Waals surface area contributed by atoms with Crippen LogP contribution in [-0.2, 0) is 23.6 Å². The summed E-state index contributed by atoms with van der Waals surface area (Å²) in [6.45, 7) is 22.2. The minimum atomic E-state index is -0.917. The zero-order chi connectivity index (χ0) is 27.3. The molecule has 206 valence electrons. The second-order valence-electron chi connectivity index (χ2n) is 14.2. The largest absolute Gasteiger partial charge is 0.481 e. The number of rotatable bonds is 8. The molecule has 3 saturated carbocycles. The third kappa shape index (κ3) is 6.57. The van der Waals surface area contributed by atoms with Gasteiger partial charge < -0.3 is 29.4 Å². The Labute approximate surface area is 218 Å². The summed E-state index contributed by atoms with van der Waals surface area (Å²) in [6.07, 6.45) is 2.22. The van der Waals surface area contributed by atoms with E-state index in [9.17, 15) is 9.59 Å². The Balaban J connectivity index is 1.74. The summed E-state index contributed by atoms with van der Waals surface area (Å²) in [4.78, 5) is 26.0. The van der Waals surface area contributed by atoms with Crippen LogP contribution in [0, 0.1) is 23.2 Å². The van der Waals surface area contributed by atoms with Crippen molar-refractivity contribution in [3.05, 3.63) is 0 Å². The van der Waals surface area contributed by atoms with Crippen molar-refractivity contribution in [3.63, 3.8) is 0 Å². The van der Waals surface area contributed by atoms with Crippen molar-refractivity contribution in [2.24, 2.45) is 23.2 Å². The molecule has 2 N–H and O–H groups in total. The average Bonchev–Trinajstić information content (AvgIpc) is 3.05. The molecule has 0 unspecified atom stereocenters. The van der Waals surface area contributed by atoms with Gasteiger partial charge in [-0.05, 0) is 90.9 Å². The van der Waals surface area contributed by atoms with Crippen LogP contribution in [0.25, 0.3) is 0 Å². The molecule has 0 radical (unpaired) electrons. The van der Waals surface area contributed by atoms with E-state index in [1.165, 1.54) is 6.42 Å². The molecule has 0 spiro atoms. The molecule has 4 fully saturated rings. The fraction of sp³-hybridized carbons (Fsp3) is 0.926. The highest BCUT2D eigenvalue weighted by Crippen LogP contribution is 2.65. The monoisotopic (exact) mass is 508 g/mol. The highest BCUT2D eigenvalue weighted by molar-refractivity contribution is 6.47. The standard InChI is InChI=1S/C27H49BN2O6/c1-16(2)12-21(28-35-20-14-17-13-19(26(17,9)10)27(20,11)36-28)30-22(31)18(15-33-24(3,4)5)29-23(32)34-25(6,7)8/h16-21H,12-15H2,1-11H3,(H,29,32)(H,30,31)/t17-,18-,19-,20+,21-,27-/m0/s1. The second-order valence-corrected chi connectivity index (χ2v) is 14.2. The zero-order valence-electron chi connectivity index (χ0n) is 24.3. The number of alkyl carbamates (subject to hydrolysis) is 1. The molecular weight excluding hydrogens is 459 g/mol. The van der Waals surface area contributed by atoms with Gasteiger partial charge in [0.1, 0.15) is 11.6 Å². The Hall–Kier alpha value is -1.32. The van der Waals surface area contributed by atoms with E-state index in [1.54, 1.807) is 20.8 Å². The molecule has 8 nitrogen and oxygen atoms in total. The predicted octanol–water partition coefficient (Wildman–Crippen LogP) is 4.49. The molecule has 6 atom stereocenters. The molecule has 0 aromatic heterocycles. The highest BCUT2D eigenvalue weighted by Gasteiger charge is 2.68. The van der Waals surface area contributed by atoms with E-state index in [0.29, 0.717) is 24.2 Å². The van der Waals surface area contributed by atoms with Gasteiger partial charge in [-0.3, -0.25) is 4.79 Å². The van der Waals surface area contributed by atoms with Crippen LogP contribution in [0.5, 0.6) is 0 Å². The third-order valence-corrected chi connectivity index (χ3v) is 8.04. The molecule has 0 aromatic rings.